The molecule has 0 aliphatic carbocycles. The van der Waals surface area contributed by atoms with E-state index in [1.54, 1.807) is 6.92 Å². The van der Waals surface area contributed by atoms with Crippen molar-refractivity contribution in [3.63, 3.8) is 0 Å². The highest BCUT2D eigenvalue weighted by atomic mass is 19.1. The predicted molar refractivity (Wildman–Crippen MR) is 61.8 cm³/mol. The molecule has 0 saturated carbocycles. The van der Waals surface area contributed by atoms with Crippen LogP contribution >= 0.6 is 0 Å². The van der Waals surface area contributed by atoms with E-state index in [-0.39, 0.29) is 5.69 Å². The summed E-state index contributed by atoms with van der Waals surface area (Å²) >= 11 is 0. The van der Waals surface area contributed by atoms with Crippen molar-refractivity contribution in [3.05, 3.63) is 29.6 Å². The van der Waals surface area contributed by atoms with Crippen molar-refractivity contribution >= 4 is 17.7 Å². The van der Waals surface area contributed by atoms with Gasteiger partial charge in [0, 0.05) is 5.69 Å². The average Bonchev–Trinajstić information content (AvgIpc) is 2.23. The van der Waals surface area contributed by atoms with Gasteiger partial charge >= 0.3 is 12.0 Å². The van der Waals surface area contributed by atoms with Gasteiger partial charge < -0.3 is 20.8 Å². The molecule has 0 aromatic heterocycles. The number of carbonyl (C=O) groups excluding carboxylic acids is 1. The third kappa shape index (κ3) is 4.02. The fraction of sp³-hybridized carbons (Fsp3) is 0.273. The van der Waals surface area contributed by atoms with Crippen LogP contribution in [0.1, 0.15) is 5.56 Å². The zero-order chi connectivity index (χ0) is 13.7. The molecule has 0 radical (unpaired) electrons. The standard InChI is InChI=1S/C11H13FN2O4/c1-6-2-7(12)4-8(3-6)13-11(18)14-9(5-15)10(16)17/h2-4,9,15H,5H2,1H3,(H,16,17)(H2,13,14,18)/t9-/m1/s1. The van der Waals surface area contributed by atoms with Gasteiger partial charge in [-0.1, -0.05) is 0 Å². The third-order valence-electron chi connectivity index (χ3n) is 2.09. The van der Waals surface area contributed by atoms with E-state index in [2.05, 4.69) is 5.32 Å². The van der Waals surface area contributed by atoms with E-state index in [1.807, 2.05) is 5.32 Å². The summed E-state index contributed by atoms with van der Waals surface area (Å²) in [5.74, 6) is -1.87. The molecule has 4 N–H and O–H groups in total. The second kappa shape index (κ2) is 5.97. The number of urea groups is 1. The maximum absolute atomic E-state index is 13.0. The molecule has 1 aromatic carbocycles. The Morgan fingerprint density at radius 3 is 2.56 bits per heavy atom. The number of benzene rings is 1. The fourth-order valence-corrected chi connectivity index (χ4v) is 1.32. The topological polar surface area (TPSA) is 98.7 Å². The summed E-state index contributed by atoms with van der Waals surface area (Å²) in [6.07, 6.45) is 0. The molecule has 18 heavy (non-hydrogen) atoms. The Morgan fingerprint density at radius 2 is 2.06 bits per heavy atom. The molecule has 0 bridgehead atoms. The molecule has 0 aliphatic heterocycles. The SMILES string of the molecule is Cc1cc(F)cc(NC(=O)N[C@H](CO)C(=O)O)c1. The third-order valence-corrected chi connectivity index (χ3v) is 2.09. The zero-order valence-electron chi connectivity index (χ0n) is 9.61. The van der Waals surface area contributed by atoms with Crippen LogP contribution in [-0.4, -0.2) is 34.9 Å². The maximum Gasteiger partial charge on any atom is 0.328 e. The Labute approximate surface area is 102 Å². The van der Waals surface area contributed by atoms with Gasteiger partial charge in [-0.05, 0) is 30.7 Å². The molecule has 1 atom stereocenters. The first kappa shape index (κ1) is 13.9. The second-order valence-corrected chi connectivity index (χ2v) is 3.69. The molecule has 7 heteroatoms. The van der Waals surface area contributed by atoms with Crippen molar-refractivity contribution < 1.29 is 24.2 Å². The molecule has 1 rings (SSSR count). The summed E-state index contributed by atoms with van der Waals surface area (Å²) in [6.45, 7) is 0.922. The second-order valence-electron chi connectivity index (χ2n) is 3.69. The van der Waals surface area contributed by atoms with Crippen LogP contribution in [0.15, 0.2) is 18.2 Å². The van der Waals surface area contributed by atoms with Crippen molar-refractivity contribution in [1.29, 1.82) is 0 Å². The Morgan fingerprint density at radius 1 is 1.39 bits per heavy atom. The lowest BCUT2D eigenvalue weighted by molar-refractivity contribution is -0.140. The van der Waals surface area contributed by atoms with Crippen LogP contribution in [-0.2, 0) is 4.79 Å². The Hall–Kier alpha value is -2.15. The number of amides is 2. The van der Waals surface area contributed by atoms with Gasteiger partial charge in [-0.3, -0.25) is 0 Å². The molecule has 0 aliphatic rings. The van der Waals surface area contributed by atoms with Crippen molar-refractivity contribution in [3.8, 4) is 0 Å². The number of nitrogens with one attached hydrogen (secondary N) is 2. The number of aliphatic carboxylic acids is 1. The number of aliphatic hydroxyl groups is 1. The lowest BCUT2D eigenvalue weighted by atomic mass is 10.2. The molecule has 0 unspecified atom stereocenters. The van der Waals surface area contributed by atoms with E-state index in [4.69, 9.17) is 10.2 Å². The average molecular weight is 256 g/mol. The Balaban J connectivity index is 2.67. The molecule has 2 amide bonds. The normalized spacial score (nSPS) is 11.7. The van der Waals surface area contributed by atoms with E-state index >= 15 is 0 Å². The number of anilines is 1. The van der Waals surface area contributed by atoms with E-state index in [0.717, 1.165) is 6.07 Å². The van der Waals surface area contributed by atoms with Crippen molar-refractivity contribution in [2.75, 3.05) is 11.9 Å². The number of carbonyl (C=O) groups is 2. The van der Waals surface area contributed by atoms with Crippen LogP contribution in [0.4, 0.5) is 14.9 Å². The van der Waals surface area contributed by atoms with Crippen LogP contribution < -0.4 is 10.6 Å². The number of aliphatic hydroxyl groups excluding tert-OH is 1. The van der Waals surface area contributed by atoms with Crippen molar-refractivity contribution in [2.24, 2.45) is 0 Å². The van der Waals surface area contributed by atoms with Gasteiger partial charge in [-0.15, -0.1) is 0 Å². The minimum Gasteiger partial charge on any atom is -0.480 e. The first-order valence-electron chi connectivity index (χ1n) is 5.10. The highest BCUT2D eigenvalue weighted by molar-refractivity contribution is 5.92. The minimum atomic E-state index is -1.40. The quantitative estimate of drug-likeness (QED) is 0.637. The molecule has 1 aromatic rings. The van der Waals surface area contributed by atoms with Crippen LogP contribution in [0.2, 0.25) is 0 Å². The van der Waals surface area contributed by atoms with Gasteiger partial charge in [-0.25, -0.2) is 14.0 Å². The van der Waals surface area contributed by atoms with Crippen LogP contribution in [0.5, 0.6) is 0 Å². The van der Waals surface area contributed by atoms with Gasteiger partial charge in [0.15, 0.2) is 6.04 Å². The van der Waals surface area contributed by atoms with Crippen LogP contribution in [0.25, 0.3) is 0 Å². The Kier molecular flexibility index (Phi) is 4.61. The van der Waals surface area contributed by atoms with E-state index < -0.39 is 30.5 Å². The minimum absolute atomic E-state index is 0.201. The number of carboxylic acid groups (broad SMARTS) is 1. The molecule has 6 nitrogen and oxygen atoms in total. The summed E-state index contributed by atoms with van der Waals surface area (Å²) in [5.41, 5.74) is 0.814. The maximum atomic E-state index is 13.0. The lowest BCUT2D eigenvalue weighted by Gasteiger charge is -2.12. The molecule has 0 saturated heterocycles. The molecular formula is C11H13FN2O4. The predicted octanol–water partition coefficient (Wildman–Crippen LogP) is 0.701. The smallest absolute Gasteiger partial charge is 0.328 e. The first-order valence-corrected chi connectivity index (χ1v) is 5.10. The highest BCUT2D eigenvalue weighted by Gasteiger charge is 2.18. The number of hydrogen-bond donors (Lipinski definition) is 4. The largest absolute Gasteiger partial charge is 0.480 e. The number of aryl methyl sites for hydroxylation is 1. The summed E-state index contributed by atoms with van der Waals surface area (Å²) in [5, 5.41) is 21.6. The molecular weight excluding hydrogens is 243 g/mol. The highest BCUT2D eigenvalue weighted by Crippen LogP contribution is 2.12. The monoisotopic (exact) mass is 256 g/mol. The number of carboxylic acids is 1. The number of hydrogen-bond acceptors (Lipinski definition) is 3. The number of rotatable bonds is 4. The lowest BCUT2D eigenvalue weighted by Crippen LogP contribution is -2.45. The molecule has 0 fully saturated rings. The molecule has 0 heterocycles. The number of halogens is 1. The summed E-state index contributed by atoms with van der Waals surface area (Å²) in [7, 11) is 0. The summed E-state index contributed by atoms with van der Waals surface area (Å²) in [6, 6.07) is 1.68. The zero-order valence-corrected chi connectivity index (χ0v) is 9.61. The van der Waals surface area contributed by atoms with Crippen LogP contribution in [0, 0.1) is 12.7 Å². The van der Waals surface area contributed by atoms with Crippen molar-refractivity contribution in [2.45, 2.75) is 13.0 Å². The van der Waals surface area contributed by atoms with Gasteiger partial charge in [0.05, 0.1) is 6.61 Å². The molecule has 0 spiro atoms. The van der Waals surface area contributed by atoms with E-state index in [0.29, 0.717) is 5.56 Å². The Bertz CT molecular complexity index is 444. The van der Waals surface area contributed by atoms with Gasteiger partial charge in [-0.2, -0.15) is 0 Å². The van der Waals surface area contributed by atoms with Crippen molar-refractivity contribution in [1.82, 2.24) is 5.32 Å². The first-order chi connectivity index (χ1) is 8.42. The van der Waals surface area contributed by atoms with Gasteiger partial charge in [0.2, 0.25) is 0 Å². The van der Waals surface area contributed by atoms with Crippen LogP contribution in [0.3, 0.4) is 0 Å². The van der Waals surface area contributed by atoms with Gasteiger partial charge in [0.1, 0.15) is 5.82 Å². The fourth-order valence-electron chi connectivity index (χ4n) is 1.32. The summed E-state index contributed by atoms with van der Waals surface area (Å²) < 4.78 is 13.0. The van der Waals surface area contributed by atoms with E-state index in [1.165, 1.54) is 12.1 Å². The van der Waals surface area contributed by atoms with E-state index in [9.17, 15) is 14.0 Å². The van der Waals surface area contributed by atoms with Gasteiger partial charge in [0.25, 0.3) is 0 Å². The molecule has 98 valence electrons. The summed E-state index contributed by atoms with van der Waals surface area (Å²) in [4.78, 5) is 22.0.